The first-order chi connectivity index (χ1) is 13.6. The van der Waals surface area contributed by atoms with Crippen LogP contribution in [-0.4, -0.2) is 39.5 Å². The number of amides is 1. The largest absolute Gasteiger partial charge is 0.497 e. The maximum atomic E-state index is 12.1. The molecule has 2 aromatic rings. The van der Waals surface area contributed by atoms with Crippen LogP contribution in [0.3, 0.4) is 0 Å². The summed E-state index contributed by atoms with van der Waals surface area (Å²) in [5, 5.41) is 15.7. The molecule has 8 nitrogen and oxygen atoms in total. The lowest BCUT2D eigenvalue weighted by Crippen LogP contribution is -2.32. The first kappa shape index (κ1) is 20.6. The Morgan fingerprint density at radius 1 is 1.04 bits per heavy atom. The number of anilines is 1. The second-order valence-electron chi connectivity index (χ2n) is 5.61. The third kappa shape index (κ3) is 5.64. The molecular weight excluding hydrogens is 360 g/mol. The van der Waals surface area contributed by atoms with Crippen molar-refractivity contribution in [2.75, 3.05) is 33.3 Å². The number of nitrogens with zero attached hydrogens (tertiary/aromatic N) is 2. The van der Waals surface area contributed by atoms with Gasteiger partial charge in [-0.2, -0.15) is 10.4 Å². The van der Waals surface area contributed by atoms with Crippen LogP contribution in [0.1, 0.15) is 5.56 Å². The quantitative estimate of drug-likeness (QED) is 0.510. The number of nitrogens with one attached hydrogen (secondary N) is 2. The van der Waals surface area contributed by atoms with Gasteiger partial charge in [0.15, 0.2) is 11.5 Å². The molecule has 146 valence electrons. The van der Waals surface area contributed by atoms with Crippen molar-refractivity contribution in [3.8, 4) is 23.3 Å². The van der Waals surface area contributed by atoms with Crippen molar-refractivity contribution >= 4 is 17.3 Å². The molecule has 2 N–H and O–H groups in total. The third-order valence-electron chi connectivity index (χ3n) is 3.85. The number of carbonyl (C=O) groups is 1. The number of hydrazone groups is 1. The van der Waals surface area contributed by atoms with Crippen LogP contribution in [0.4, 0.5) is 5.69 Å². The van der Waals surface area contributed by atoms with Gasteiger partial charge in [-0.1, -0.05) is 6.07 Å². The molecule has 0 aliphatic heterocycles. The van der Waals surface area contributed by atoms with Crippen molar-refractivity contribution in [3.05, 3.63) is 48.0 Å². The van der Waals surface area contributed by atoms with Gasteiger partial charge >= 0.3 is 0 Å². The number of hydrogen-bond acceptors (Lipinski definition) is 7. The molecule has 0 saturated heterocycles. The second-order valence-corrected chi connectivity index (χ2v) is 5.61. The average molecular weight is 382 g/mol. The Morgan fingerprint density at radius 3 is 2.36 bits per heavy atom. The van der Waals surface area contributed by atoms with Crippen molar-refractivity contribution < 1.29 is 19.0 Å². The van der Waals surface area contributed by atoms with Gasteiger partial charge in [0.2, 0.25) is 5.71 Å². The molecule has 0 saturated carbocycles. The molecule has 0 fully saturated rings. The summed E-state index contributed by atoms with van der Waals surface area (Å²) in [6.07, 6.45) is 0.566. The molecule has 28 heavy (non-hydrogen) atoms. The van der Waals surface area contributed by atoms with Crippen molar-refractivity contribution in [1.29, 1.82) is 5.26 Å². The highest BCUT2D eigenvalue weighted by atomic mass is 16.5. The predicted molar refractivity (Wildman–Crippen MR) is 106 cm³/mol. The zero-order valence-corrected chi connectivity index (χ0v) is 16.0. The monoisotopic (exact) mass is 382 g/mol. The van der Waals surface area contributed by atoms with Crippen LogP contribution in [-0.2, 0) is 11.2 Å². The van der Waals surface area contributed by atoms with Crippen LogP contribution in [0.5, 0.6) is 17.2 Å². The van der Waals surface area contributed by atoms with E-state index in [1.165, 1.54) is 0 Å². The summed E-state index contributed by atoms with van der Waals surface area (Å²) in [5.74, 6) is 1.40. The fourth-order valence-electron chi connectivity index (χ4n) is 2.35. The van der Waals surface area contributed by atoms with Crippen molar-refractivity contribution in [1.82, 2.24) is 5.32 Å². The summed E-state index contributed by atoms with van der Waals surface area (Å²) < 4.78 is 15.5. The van der Waals surface area contributed by atoms with Gasteiger partial charge in [-0.3, -0.25) is 10.2 Å². The number of benzene rings is 2. The molecule has 0 aliphatic carbocycles. The number of rotatable bonds is 9. The summed E-state index contributed by atoms with van der Waals surface area (Å²) in [4.78, 5) is 12.1. The zero-order chi connectivity index (χ0) is 20.4. The van der Waals surface area contributed by atoms with Crippen molar-refractivity contribution in [2.45, 2.75) is 6.42 Å². The van der Waals surface area contributed by atoms with E-state index in [2.05, 4.69) is 15.8 Å². The first-order valence-electron chi connectivity index (χ1n) is 8.48. The fraction of sp³-hybridized carbons (Fsp3) is 0.250. The second kappa shape index (κ2) is 10.4. The highest BCUT2D eigenvalue weighted by Gasteiger charge is 2.11. The van der Waals surface area contributed by atoms with Crippen molar-refractivity contribution in [2.24, 2.45) is 5.10 Å². The summed E-state index contributed by atoms with van der Waals surface area (Å²) >= 11 is 0. The molecule has 0 aliphatic rings. The van der Waals surface area contributed by atoms with Crippen LogP contribution in [0, 0.1) is 11.3 Å². The van der Waals surface area contributed by atoms with E-state index in [0.717, 1.165) is 5.56 Å². The minimum Gasteiger partial charge on any atom is -0.497 e. The lowest BCUT2D eigenvalue weighted by atomic mass is 10.1. The topological polar surface area (TPSA) is 105 Å². The van der Waals surface area contributed by atoms with Gasteiger partial charge in [-0.15, -0.1) is 0 Å². The highest BCUT2D eigenvalue weighted by molar-refractivity contribution is 6.45. The summed E-state index contributed by atoms with van der Waals surface area (Å²) in [7, 11) is 4.70. The third-order valence-corrected chi connectivity index (χ3v) is 3.85. The molecule has 8 heteroatoms. The van der Waals surface area contributed by atoms with Gasteiger partial charge in [-0.25, -0.2) is 0 Å². The van der Waals surface area contributed by atoms with Gasteiger partial charge in [0, 0.05) is 6.54 Å². The molecular formula is C20H22N4O4. The Bertz CT molecular complexity index is 873. The number of ether oxygens (including phenoxy) is 3. The lowest BCUT2D eigenvalue weighted by Gasteiger charge is -2.10. The van der Waals surface area contributed by atoms with Crippen LogP contribution in [0.25, 0.3) is 0 Å². The van der Waals surface area contributed by atoms with Gasteiger partial charge in [0.1, 0.15) is 11.8 Å². The summed E-state index contributed by atoms with van der Waals surface area (Å²) in [6.45, 7) is 0.345. The van der Waals surface area contributed by atoms with E-state index in [1.54, 1.807) is 57.7 Å². The molecule has 0 aromatic heterocycles. The average Bonchev–Trinajstić information content (AvgIpc) is 2.74. The molecule has 0 spiro atoms. The Hall–Kier alpha value is -3.73. The lowest BCUT2D eigenvalue weighted by molar-refractivity contribution is -0.114. The Kier molecular flexibility index (Phi) is 7.66. The summed E-state index contributed by atoms with van der Waals surface area (Å²) in [5.41, 5.74) is 4.02. The Morgan fingerprint density at radius 2 is 1.75 bits per heavy atom. The van der Waals surface area contributed by atoms with E-state index in [9.17, 15) is 4.79 Å². The van der Waals surface area contributed by atoms with E-state index in [0.29, 0.717) is 35.9 Å². The summed E-state index contributed by atoms with van der Waals surface area (Å²) in [6, 6.07) is 14.3. The number of hydrogen-bond donors (Lipinski definition) is 2. The maximum Gasteiger partial charge on any atom is 0.282 e. The van der Waals surface area contributed by atoms with Crippen LogP contribution in [0.15, 0.2) is 47.6 Å². The van der Waals surface area contributed by atoms with Gasteiger partial charge in [0.25, 0.3) is 5.91 Å². The van der Waals surface area contributed by atoms with E-state index < -0.39 is 5.91 Å². The molecule has 0 bridgehead atoms. The Labute approximate surface area is 163 Å². The molecule has 2 aromatic carbocycles. The SMILES string of the molecule is COc1ccc(N/N=C(\C#N)C(=O)NCCc2ccc(OC)c(OC)c2)cc1. The maximum absolute atomic E-state index is 12.1. The first-order valence-corrected chi connectivity index (χ1v) is 8.48. The van der Waals surface area contributed by atoms with Crippen LogP contribution in [0.2, 0.25) is 0 Å². The zero-order valence-electron chi connectivity index (χ0n) is 16.0. The minimum atomic E-state index is -0.552. The smallest absolute Gasteiger partial charge is 0.282 e. The normalized spacial score (nSPS) is 10.6. The van der Waals surface area contributed by atoms with Crippen LogP contribution < -0.4 is 25.0 Å². The van der Waals surface area contributed by atoms with E-state index >= 15 is 0 Å². The minimum absolute atomic E-state index is 0.261. The van der Waals surface area contributed by atoms with Crippen molar-refractivity contribution in [3.63, 3.8) is 0 Å². The number of carbonyl (C=O) groups excluding carboxylic acids is 1. The van der Waals surface area contributed by atoms with Gasteiger partial charge < -0.3 is 19.5 Å². The Balaban J connectivity index is 1.90. The molecule has 0 radical (unpaired) electrons. The number of methoxy groups -OCH3 is 3. The molecule has 0 heterocycles. The van der Waals surface area contributed by atoms with Gasteiger partial charge in [-0.05, 0) is 48.4 Å². The fourth-order valence-corrected chi connectivity index (χ4v) is 2.35. The van der Waals surface area contributed by atoms with E-state index in [4.69, 9.17) is 19.5 Å². The standard InChI is InChI=1S/C20H22N4O4/c1-26-16-7-5-15(6-8-16)23-24-17(13-21)20(25)22-11-10-14-4-9-18(27-2)19(12-14)28-3/h4-9,12,23H,10-11H2,1-3H3,(H,22,25)/b24-17+. The van der Waals surface area contributed by atoms with Gasteiger partial charge in [0.05, 0.1) is 27.0 Å². The molecule has 0 atom stereocenters. The predicted octanol–water partition coefficient (Wildman–Crippen LogP) is 2.36. The number of nitriles is 1. The van der Waals surface area contributed by atoms with E-state index in [-0.39, 0.29) is 5.71 Å². The van der Waals surface area contributed by atoms with E-state index in [1.807, 2.05) is 12.1 Å². The highest BCUT2D eigenvalue weighted by Crippen LogP contribution is 2.27. The molecule has 0 unspecified atom stereocenters. The molecule has 1 amide bonds. The van der Waals surface area contributed by atoms with Crippen LogP contribution >= 0.6 is 0 Å². The molecule has 2 rings (SSSR count).